The minimum Gasteiger partial charge on any atom is -0.445 e. The number of hydrogen-bond donors (Lipinski definition) is 0. The van der Waals surface area contributed by atoms with Crippen LogP contribution >= 0.6 is 0 Å². The van der Waals surface area contributed by atoms with Crippen LogP contribution in [-0.2, 0) is 11.3 Å². The molecule has 0 saturated carbocycles. The molecule has 0 atom stereocenters. The molecule has 3 heteroatoms. The average Bonchev–Trinajstić information content (AvgIpc) is 2.54. The summed E-state index contributed by atoms with van der Waals surface area (Å²) in [7, 11) is 0. The number of likely N-dealkylation sites (tertiary alicyclic amines) is 1. The molecule has 1 amide bonds. The van der Waals surface area contributed by atoms with Crippen molar-refractivity contribution in [2.24, 2.45) is 5.92 Å². The van der Waals surface area contributed by atoms with E-state index in [1.807, 2.05) is 35.2 Å². The highest BCUT2D eigenvalue weighted by molar-refractivity contribution is 5.67. The molecule has 3 nitrogen and oxygen atoms in total. The van der Waals surface area contributed by atoms with Gasteiger partial charge in [-0.15, -0.1) is 0 Å². The highest BCUT2D eigenvalue weighted by atomic mass is 16.6. The summed E-state index contributed by atoms with van der Waals surface area (Å²) in [4.78, 5) is 13.7. The zero-order chi connectivity index (χ0) is 15.5. The molecule has 0 aromatic heterocycles. The molecular weight excluding hydrogens is 262 g/mol. The van der Waals surface area contributed by atoms with Crippen LogP contribution in [-0.4, -0.2) is 24.1 Å². The van der Waals surface area contributed by atoms with E-state index in [0.29, 0.717) is 6.61 Å². The van der Waals surface area contributed by atoms with Crippen LogP contribution in [0.3, 0.4) is 0 Å². The molecule has 0 bridgehead atoms. The fourth-order valence-corrected chi connectivity index (χ4v) is 2.33. The van der Waals surface area contributed by atoms with Gasteiger partial charge in [-0.1, -0.05) is 63.9 Å². The highest BCUT2D eigenvalue weighted by Gasteiger charge is 2.22. The van der Waals surface area contributed by atoms with Crippen LogP contribution in [0.4, 0.5) is 4.79 Å². The molecule has 0 unspecified atom stereocenters. The maximum atomic E-state index is 11.9. The van der Waals surface area contributed by atoms with Crippen molar-refractivity contribution in [3.63, 3.8) is 0 Å². The first kappa shape index (κ1) is 17.5. The molecule has 0 spiro atoms. The van der Waals surface area contributed by atoms with E-state index < -0.39 is 0 Å². The van der Waals surface area contributed by atoms with Crippen LogP contribution in [0, 0.1) is 5.92 Å². The number of carbonyl (C=O) groups is 1. The molecule has 1 aliphatic rings. The Labute approximate surface area is 129 Å². The highest BCUT2D eigenvalue weighted by Crippen LogP contribution is 2.20. The zero-order valence-electron chi connectivity index (χ0n) is 13.7. The van der Waals surface area contributed by atoms with Crippen LogP contribution in [0.2, 0.25) is 0 Å². The molecule has 2 rings (SSSR count). The summed E-state index contributed by atoms with van der Waals surface area (Å²) in [6, 6.07) is 9.81. The van der Waals surface area contributed by atoms with E-state index >= 15 is 0 Å². The van der Waals surface area contributed by atoms with Crippen LogP contribution in [0.15, 0.2) is 30.3 Å². The Kier molecular flexibility index (Phi) is 8.56. The molecule has 1 aliphatic heterocycles. The largest absolute Gasteiger partial charge is 0.445 e. The molecule has 0 aliphatic carbocycles. The summed E-state index contributed by atoms with van der Waals surface area (Å²) in [5.74, 6) is 0.781. The van der Waals surface area contributed by atoms with Crippen molar-refractivity contribution in [1.82, 2.24) is 4.90 Å². The Morgan fingerprint density at radius 1 is 1.14 bits per heavy atom. The van der Waals surface area contributed by atoms with Crippen LogP contribution in [0.1, 0.15) is 52.0 Å². The molecule has 118 valence electrons. The SMILES string of the molecule is CCC.CCC1CCN(C(=O)OCc2ccccc2)CC1. The average molecular weight is 291 g/mol. The van der Waals surface area contributed by atoms with Gasteiger partial charge < -0.3 is 9.64 Å². The van der Waals surface area contributed by atoms with Gasteiger partial charge in [-0.25, -0.2) is 4.79 Å². The van der Waals surface area contributed by atoms with Crippen molar-refractivity contribution >= 4 is 6.09 Å². The zero-order valence-corrected chi connectivity index (χ0v) is 13.7. The van der Waals surface area contributed by atoms with Crippen molar-refractivity contribution in [2.45, 2.75) is 53.1 Å². The van der Waals surface area contributed by atoms with E-state index in [-0.39, 0.29) is 6.09 Å². The Balaban J connectivity index is 0.000000677. The van der Waals surface area contributed by atoms with Gasteiger partial charge in [0.1, 0.15) is 6.61 Å². The Hall–Kier alpha value is -1.51. The minimum atomic E-state index is -0.173. The topological polar surface area (TPSA) is 29.5 Å². The number of rotatable bonds is 3. The molecule has 1 heterocycles. The van der Waals surface area contributed by atoms with Gasteiger partial charge in [-0.3, -0.25) is 0 Å². The maximum absolute atomic E-state index is 11.9. The van der Waals surface area contributed by atoms with Crippen LogP contribution < -0.4 is 0 Å². The standard InChI is InChI=1S/C15H21NO2.C3H8/c1-2-13-8-10-16(11-9-13)15(17)18-12-14-6-4-3-5-7-14;1-3-2/h3-7,13H,2,8-12H2,1H3;3H2,1-2H3. The van der Waals surface area contributed by atoms with E-state index in [2.05, 4.69) is 20.8 Å². The van der Waals surface area contributed by atoms with Crippen molar-refractivity contribution in [3.8, 4) is 0 Å². The molecule has 1 saturated heterocycles. The quantitative estimate of drug-likeness (QED) is 0.795. The summed E-state index contributed by atoms with van der Waals surface area (Å²) in [5.41, 5.74) is 1.04. The number of amides is 1. The molecule has 1 fully saturated rings. The molecule has 0 N–H and O–H groups in total. The lowest BCUT2D eigenvalue weighted by Gasteiger charge is -2.30. The monoisotopic (exact) mass is 291 g/mol. The number of ether oxygens (including phenoxy) is 1. The lowest BCUT2D eigenvalue weighted by Crippen LogP contribution is -2.38. The third-order valence-corrected chi connectivity index (χ3v) is 3.66. The van der Waals surface area contributed by atoms with Gasteiger partial charge in [-0.2, -0.15) is 0 Å². The first-order valence-corrected chi connectivity index (χ1v) is 8.16. The molecule has 21 heavy (non-hydrogen) atoms. The van der Waals surface area contributed by atoms with Crippen molar-refractivity contribution in [2.75, 3.05) is 13.1 Å². The third-order valence-electron chi connectivity index (χ3n) is 3.66. The molecule has 0 radical (unpaired) electrons. The predicted octanol–water partition coefficient (Wildman–Crippen LogP) is 4.86. The van der Waals surface area contributed by atoms with E-state index in [1.54, 1.807) is 0 Å². The van der Waals surface area contributed by atoms with Gasteiger partial charge >= 0.3 is 6.09 Å². The van der Waals surface area contributed by atoms with E-state index in [0.717, 1.165) is 37.4 Å². The van der Waals surface area contributed by atoms with Gasteiger partial charge in [-0.05, 0) is 24.3 Å². The predicted molar refractivity (Wildman–Crippen MR) is 87.2 cm³/mol. The minimum absolute atomic E-state index is 0.173. The van der Waals surface area contributed by atoms with Gasteiger partial charge in [0.15, 0.2) is 0 Å². The fourth-order valence-electron chi connectivity index (χ4n) is 2.33. The van der Waals surface area contributed by atoms with Crippen molar-refractivity contribution < 1.29 is 9.53 Å². The summed E-state index contributed by atoms with van der Waals surface area (Å²) in [5, 5.41) is 0. The first-order valence-electron chi connectivity index (χ1n) is 8.16. The summed E-state index contributed by atoms with van der Waals surface area (Å²) in [6.07, 6.45) is 4.51. The van der Waals surface area contributed by atoms with E-state index in [9.17, 15) is 4.79 Å². The molecule has 1 aromatic rings. The number of piperidine rings is 1. The lowest BCUT2D eigenvalue weighted by atomic mass is 9.95. The lowest BCUT2D eigenvalue weighted by molar-refractivity contribution is 0.0819. The summed E-state index contributed by atoms with van der Waals surface area (Å²) in [6.45, 7) is 8.51. The van der Waals surface area contributed by atoms with E-state index in [4.69, 9.17) is 4.74 Å². The van der Waals surface area contributed by atoms with E-state index in [1.165, 1.54) is 12.8 Å². The number of benzene rings is 1. The van der Waals surface area contributed by atoms with Gasteiger partial charge in [0.2, 0.25) is 0 Å². The number of carbonyl (C=O) groups excluding carboxylic acids is 1. The molecule has 1 aromatic carbocycles. The third kappa shape index (κ3) is 6.65. The normalized spacial score (nSPS) is 15.1. The van der Waals surface area contributed by atoms with Gasteiger partial charge in [0.25, 0.3) is 0 Å². The van der Waals surface area contributed by atoms with Gasteiger partial charge in [0.05, 0.1) is 0 Å². The summed E-state index contributed by atoms with van der Waals surface area (Å²) >= 11 is 0. The first-order chi connectivity index (χ1) is 10.2. The van der Waals surface area contributed by atoms with Crippen molar-refractivity contribution in [1.29, 1.82) is 0 Å². The van der Waals surface area contributed by atoms with Crippen LogP contribution in [0.5, 0.6) is 0 Å². The second-order valence-corrected chi connectivity index (χ2v) is 5.59. The van der Waals surface area contributed by atoms with Crippen molar-refractivity contribution in [3.05, 3.63) is 35.9 Å². The Morgan fingerprint density at radius 3 is 2.24 bits per heavy atom. The Bertz CT molecular complexity index is 383. The van der Waals surface area contributed by atoms with Gasteiger partial charge in [0, 0.05) is 13.1 Å². The summed E-state index contributed by atoms with van der Waals surface area (Å²) < 4.78 is 5.32. The second kappa shape index (κ2) is 10.3. The number of nitrogens with zero attached hydrogens (tertiary/aromatic N) is 1. The van der Waals surface area contributed by atoms with Crippen LogP contribution in [0.25, 0.3) is 0 Å². The molecular formula is C18H29NO2. The Morgan fingerprint density at radius 2 is 1.71 bits per heavy atom. The fraction of sp³-hybridized carbons (Fsp3) is 0.611. The maximum Gasteiger partial charge on any atom is 0.410 e. The number of hydrogen-bond acceptors (Lipinski definition) is 2. The smallest absolute Gasteiger partial charge is 0.410 e. The second-order valence-electron chi connectivity index (χ2n) is 5.59.